The van der Waals surface area contributed by atoms with E-state index in [0.29, 0.717) is 17.7 Å². The second-order valence-corrected chi connectivity index (χ2v) is 6.33. The number of halogens is 1. The molecule has 0 saturated heterocycles. The van der Waals surface area contributed by atoms with Crippen molar-refractivity contribution in [1.82, 2.24) is 29.6 Å². The van der Waals surface area contributed by atoms with Gasteiger partial charge in [0.1, 0.15) is 18.0 Å². The molecule has 0 aliphatic heterocycles. The molecule has 0 aliphatic rings. The van der Waals surface area contributed by atoms with E-state index in [1.807, 2.05) is 7.05 Å². The lowest BCUT2D eigenvalue weighted by atomic mass is 10.2. The molecule has 0 amide bonds. The molecule has 0 aliphatic carbocycles. The van der Waals surface area contributed by atoms with Crippen LogP contribution in [-0.2, 0) is 19.5 Å². The van der Waals surface area contributed by atoms with Gasteiger partial charge in [-0.25, -0.2) is 4.98 Å². The monoisotopic (exact) mass is 324 g/mol. The van der Waals surface area contributed by atoms with Gasteiger partial charge in [-0.3, -0.25) is 4.90 Å². The Morgan fingerprint density at radius 1 is 1.36 bits per heavy atom. The molecule has 0 fully saturated rings. The molecule has 0 spiro atoms. The van der Waals surface area contributed by atoms with Gasteiger partial charge in [-0.05, 0) is 27.3 Å². The van der Waals surface area contributed by atoms with Crippen molar-refractivity contribution in [2.75, 3.05) is 7.05 Å². The van der Waals surface area contributed by atoms with Crippen LogP contribution in [-0.4, -0.2) is 36.7 Å². The van der Waals surface area contributed by atoms with E-state index in [9.17, 15) is 0 Å². The minimum atomic E-state index is 0.356. The Balaban J connectivity index is 1.98. The molecule has 22 heavy (non-hydrogen) atoms. The molecule has 7 heteroatoms. The molecule has 2 aromatic heterocycles. The summed E-state index contributed by atoms with van der Waals surface area (Å²) >= 11 is 6.23. The molecule has 2 heterocycles. The molecule has 0 aromatic carbocycles. The first-order valence-corrected chi connectivity index (χ1v) is 8.19. The van der Waals surface area contributed by atoms with Crippen LogP contribution in [0.15, 0.2) is 6.33 Å². The minimum absolute atomic E-state index is 0.356. The second-order valence-electron chi connectivity index (χ2n) is 5.98. The Kier molecular flexibility index (Phi) is 5.97. The number of unbranched alkanes of at least 4 members (excludes halogenated alkanes) is 1. The van der Waals surface area contributed by atoms with Crippen LogP contribution in [0.1, 0.15) is 57.0 Å². The highest BCUT2D eigenvalue weighted by Gasteiger charge is 2.14. The molecule has 0 radical (unpaired) electrons. The smallest absolute Gasteiger partial charge is 0.151 e. The lowest BCUT2D eigenvalue weighted by molar-refractivity contribution is 0.299. The number of H-pyrrole nitrogens is 1. The number of nitrogens with zero attached hydrogens (tertiary/aromatic N) is 5. The van der Waals surface area contributed by atoms with Crippen molar-refractivity contribution in [2.45, 2.75) is 59.2 Å². The van der Waals surface area contributed by atoms with Crippen LogP contribution in [0.25, 0.3) is 0 Å². The summed E-state index contributed by atoms with van der Waals surface area (Å²) in [6, 6.07) is 0.356. The fraction of sp³-hybridized carbons (Fsp3) is 0.667. The zero-order valence-electron chi connectivity index (χ0n) is 13.8. The van der Waals surface area contributed by atoms with Crippen LogP contribution in [0.5, 0.6) is 0 Å². The van der Waals surface area contributed by atoms with Gasteiger partial charge in [-0.2, -0.15) is 0 Å². The lowest BCUT2D eigenvalue weighted by Gasteiger charge is -2.17. The Bertz CT molecular complexity index is 589. The molecule has 0 atom stereocenters. The van der Waals surface area contributed by atoms with Crippen molar-refractivity contribution < 1.29 is 0 Å². The second kappa shape index (κ2) is 7.74. The summed E-state index contributed by atoms with van der Waals surface area (Å²) in [7, 11) is 2.04. The van der Waals surface area contributed by atoms with E-state index in [1.165, 1.54) is 0 Å². The van der Waals surface area contributed by atoms with E-state index in [0.717, 1.165) is 43.1 Å². The van der Waals surface area contributed by atoms with Gasteiger partial charge in [0.25, 0.3) is 0 Å². The summed E-state index contributed by atoms with van der Waals surface area (Å²) in [5.41, 5.74) is 0.964. The Labute approximate surface area is 136 Å². The standard InChI is InChI=1S/C15H25ClN6/c1-5-6-7-13-18-12(15(16)19-13)8-21(4)9-14-20-17-10-22(14)11(2)3/h10-11H,5-9H2,1-4H3,(H,18,19). The number of hydrogen-bond acceptors (Lipinski definition) is 4. The van der Waals surface area contributed by atoms with Crippen LogP contribution in [0, 0.1) is 0 Å². The molecule has 0 saturated carbocycles. The van der Waals surface area contributed by atoms with Crippen molar-refractivity contribution >= 4 is 11.6 Å². The molecule has 2 rings (SSSR count). The maximum atomic E-state index is 6.23. The predicted molar refractivity (Wildman–Crippen MR) is 87.8 cm³/mol. The van der Waals surface area contributed by atoms with Crippen LogP contribution in [0.2, 0.25) is 5.15 Å². The highest BCUT2D eigenvalue weighted by molar-refractivity contribution is 6.30. The summed E-state index contributed by atoms with van der Waals surface area (Å²) in [5.74, 6) is 1.93. The average molecular weight is 325 g/mol. The van der Waals surface area contributed by atoms with Gasteiger partial charge in [-0.15, -0.1) is 10.2 Å². The lowest BCUT2D eigenvalue weighted by Crippen LogP contribution is -2.21. The van der Waals surface area contributed by atoms with Gasteiger partial charge in [0, 0.05) is 19.0 Å². The van der Waals surface area contributed by atoms with E-state index in [1.54, 1.807) is 6.33 Å². The molecule has 6 nitrogen and oxygen atoms in total. The van der Waals surface area contributed by atoms with E-state index < -0.39 is 0 Å². The molecule has 0 bridgehead atoms. The van der Waals surface area contributed by atoms with Gasteiger partial charge >= 0.3 is 0 Å². The van der Waals surface area contributed by atoms with Crippen LogP contribution < -0.4 is 0 Å². The summed E-state index contributed by atoms with van der Waals surface area (Å²) in [6.07, 6.45) is 5.00. The third-order valence-electron chi connectivity index (χ3n) is 3.59. The minimum Gasteiger partial charge on any atom is -0.344 e. The van der Waals surface area contributed by atoms with Crippen LogP contribution >= 0.6 is 11.6 Å². The summed E-state index contributed by atoms with van der Waals surface area (Å²) in [6.45, 7) is 7.85. The predicted octanol–water partition coefficient (Wildman–Crippen LogP) is 3.21. The fourth-order valence-corrected chi connectivity index (χ4v) is 2.59. The topological polar surface area (TPSA) is 62.6 Å². The summed E-state index contributed by atoms with van der Waals surface area (Å²) in [4.78, 5) is 9.89. The van der Waals surface area contributed by atoms with Crippen molar-refractivity contribution in [2.24, 2.45) is 0 Å². The largest absolute Gasteiger partial charge is 0.344 e. The number of hydrogen-bond donors (Lipinski definition) is 1. The fourth-order valence-electron chi connectivity index (χ4n) is 2.39. The zero-order valence-corrected chi connectivity index (χ0v) is 14.6. The molecular weight excluding hydrogens is 300 g/mol. The Hall–Kier alpha value is -1.40. The number of aryl methyl sites for hydroxylation is 1. The quantitative estimate of drug-likeness (QED) is 0.810. The number of rotatable bonds is 8. The first-order valence-electron chi connectivity index (χ1n) is 7.81. The van der Waals surface area contributed by atoms with E-state index in [4.69, 9.17) is 11.6 Å². The summed E-state index contributed by atoms with van der Waals surface area (Å²) < 4.78 is 2.08. The highest BCUT2D eigenvalue weighted by Crippen LogP contribution is 2.17. The number of aromatic nitrogens is 5. The molecule has 1 N–H and O–H groups in total. The Morgan fingerprint density at radius 2 is 2.14 bits per heavy atom. The van der Waals surface area contributed by atoms with Gasteiger partial charge in [0.05, 0.1) is 12.2 Å². The normalized spacial score (nSPS) is 11.8. The average Bonchev–Trinajstić information content (AvgIpc) is 3.04. The maximum absolute atomic E-state index is 6.23. The number of imidazole rings is 1. The van der Waals surface area contributed by atoms with Gasteiger partial charge in [0.2, 0.25) is 0 Å². The third kappa shape index (κ3) is 4.30. The van der Waals surface area contributed by atoms with Crippen LogP contribution in [0.3, 0.4) is 0 Å². The molecule has 122 valence electrons. The zero-order chi connectivity index (χ0) is 16.1. The third-order valence-corrected chi connectivity index (χ3v) is 3.90. The first-order chi connectivity index (χ1) is 10.5. The van der Waals surface area contributed by atoms with E-state index in [-0.39, 0.29) is 0 Å². The van der Waals surface area contributed by atoms with Gasteiger partial charge < -0.3 is 9.55 Å². The van der Waals surface area contributed by atoms with E-state index >= 15 is 0 Å². The SMILES string of the molecule is CCCCc1nc(Cl)c(CN(C)Cc2nncn2C(C)C)[nH]1. The van der Waals surface area contributed by atoms with Crippen molar-refractivity contribution in [3.8, 4) is 0 Å². The van der Waals surface area contributed by atoms with E-state index in [2.05, 4.69) is 50.4 Å². The van der Waals surface area contributed by atoms with Crippen LogP contribution in [0.4, 0.5) is 0 Å². The van der Waals surface area contributed by atoms with Crippen molar-refractivity contribution in [3.63, 3.8) is 0 Å². The first kappa shape index (κ1) is 17.0. The highest BCUT2D eigenvalue weighted by atomic mass is 35.5. The number of nitrogens with one attached hydrogen (secondary N) is 1. The molecule has 2 aromatic rings. The van der Waals surface area contributed by atoms with Gasteiger partial charge in [0.15, 0.2) is 5.15 Å². The van der Waals surface area contributed by atoms with Gasteiger partial charge in [-0.1, -0.05) is 24.9 Å². The number of aromatic amines is 1. The maximum Gasteiger partial charge on any atom is 0.151 e. The summed E-state index contributed by atoms with van der Waals surface area (Å²) in [5, 5.41) is 8.77. The molecular formula is C15H25ClN6. The Morgan fingerprint density at radius 3 is 2.82 bits per heavy atom. The van der Waals surface area contributed by atoms with Crippen molar-refractivity contribution in [3.05, 3.63) is 28.8 Å². The van der Waals surface area contributed by atoms with Crippen molar-refractivity contribution in [1.29, 1.82) is 0 Å². The molecule has 0 unspecified atom stereocenters.